The number of hydrogen-bond acceptors (Lipinski definition) is 3. The molecule has 0 unspecified atom stereocenters. The molecule has 0 aliphatic rings. The van der Waals surface area contributed by atoms with Gasteiger partial charge in [0.15, 0.2) is 17.5 Å². The third-order valence-electron chi connectivity index (χ3n) is 10.3. The van der Waals surface area contributed by atoms with Crippen molar-refractivity contribution in [2.24, 2.45) is 0 Å². The van der Waals surface area contributed by atoms with Crippen LogP contribution in [0, 0.1) is 0 Å². The Morgan fingerprint density at radius 2 is 0.600 bits per heavy atom. The highest BCUT2D eigenvalue weighted by Crippen LogP contribution is 2.36. The van der Waals surface area contributed by atoms with Gasteiger partial charge in [0.2, 0.25) is 0 Å². The highest BCUT2D eigenvalue weighted by Gasteiger charge is 2.17. The first-order valence-electron chi connectivity index (χ1n) is 18.5. The minimum absolute atomic E-state index is 0.636. The molecule has 258 valence electrons. The Balaban J connectivity index is 1.04. The smallest absolute Gasteiger partial charge is 0.164 e. The van der Waals surface area contributed by atoms with Crippen LogP contribution >= 0.6 is 0 Å². The van der Waals surface area contributed by atoms with Crippen molar-refractivity contribution < 1.29 is 0 Å². The Morgan fingerprint density at radius 3 is 1.13 bits per heavy atom. The average Bonchev–Trinajstić information content (AvgIpc) is 3.61. The van der Waals surface area contributed by atoms with Gasteiger partial charge in [0.1, 0.15) is 0 Å². The Morgan fingerprint density at radius 1 is 0.255 bits per heavy atom. The fourth-order valence-electron chi connectivity index (χ4n) is 7.47. The molecule has 0 saturated heterocycles. The topological polar surface area (TPSA) is 43.6 Å². The number of hydrogen-bond donors (Lipinski definition) is 0. The second kappa shape index (κ2) is 13.8. The first kappa shape index (κ1) is 32.2. The summed E-state index contributed by atoms with van der Waals surface area (Å²) >= 11 is 0. The number of benzene rings is 8. The lowest BCUT2D eigenvalue weighted by molar-refractivity contribution is 1.07. The number of nitrogens with zero attached hydrogens (tertiary/aromatic N) is 4. The predicted octanol–water partition coefficient (Wildman–Crippen LogP) is 13.0. The van der Waals surface area contributed by atoms with E-state index in [9.17, 15) is 0 Å². The summed E-state index contributed by atoms with van der Waals surface area (Å²) in [6.07, 6.45) is 0. The minimum atomic E-state index is 0.636. The Hall–Kier alpha value is -7.43. The van der Waals surface area contributed by atoms with Gasteiger partial charge in [-0.15, -0.1) is 0 Å². The van der Waals surface area contributed by atoms with Gasteiger partial charge in [-0.05, 0) is 69.8 Å². The van der Waals surface area contributed by atoms with Crippen LogP contribution in [-0.2, 0) is 0 Å². The zero-order valence-electron chi connectivity index (χ0n) is 29.9. The highest BCUT2D eigenvalue weighted by atomic mass is 15.0. The van der Waals surface area contributed by atoms with Crippen molar-refractivity contribution in [3.05, 3.63) is 206 Å². The van der Waals surface area contributed by atoms with E-state index in [1.807, 2.05) is 36.4 Å². The summed E-state index contributed by atoms with van der Waals surface area (Å²) in [4.78, 5) is 15.1. The van der Waals surface area contributed by atoms with E-state index >= 15 is 0 Å². The predicted molar refractivity (Wildman–Crippen MR) is 227 cm³/mol. The van der Waals surface area contributed by atoms with E-state index in [0.29, 0.717) is 17.5 Å². The van der Waals surface area contributed by atoms with Gasteiger partial charge in [-0.3, -0.25) is 0 Å². The molecule has 4 heteroatoms. The summed E-state index contributed by atoms with van der Waals surface area (Å²) in [7, 11) is 0. The van der Waals surface area contributed by atoms with Crippen LogP contribution in [0.2, 0.25) is 0 Å². The van der Waals surface area contributed by atoms with Crippen LogP contribution in [-0.4, -0.2) is 19.5 Å². The highest BCUT2D eigenvalue weighted by molar-refractivity contribution is 6.10. The lowest BCUT2D eigenvalue weighted by Gasteiger charge is -2.11. The molecule has 0 aliphatic heterocycles. The van der Waals surface area contributed by atoms with Gasteiger partial charge in [-0.1, -0.05) is 170 Å². The van der Waals surface area contributed by atoms with Crippen molar-refractivity contribution in [2.45, 2.75) is 0 Å². The molecule has 0 radical (unpaired) electrons. The van der Waals surface area contributed by atoms with Crippen LogP contribution in [0.5, 0.6) is 0 Å². The molecule has 4 nitrogen and oxygen atoms in total. The lowest BCUT2D eigenvalue weighted by atomic mass is 10.0. The summed E-state index contributed by atoms with van der Waals surface area (Å²) in [5, 5.41) is 2.32. The van der Waals surface area contributed by atoms with E-state index in [1.54, 1.807) is 0 Å². The fourth-order valence-corrected chi connectivity index (χ4v) is 7.47. The minimum Gasteiger partial charge on any atom is -0.309 e. The zero-order chi connectivity index (χ0) is 36.6. The summed E-state index contributed by atoms with van der Waals surface area (Å²) in [6, 6.07) is 72.3. The Bertz CT molecular complexity index is 2920. The van der Waals surface area contributed by atoms with Crippen LogP contribution in [0.4, 0.5) is 0 Å². The van der Waals surface area contributed by atoms with Crippen molar-refractivity contribution in [3.8, 4) is 73.2 Å². The molecule has 10 rings (SSSR count). The molecule has 0 N–H and O–H groups in total. The van der Waals surface area contributed by atoms with Gasteiger partial charge < -0.3 is 4.57 Å². The molecule has 2 heterocycles. The molecular weight excluding hydrogens is 669 g/mol. The first-order valence-corrected chi connectivity index (χ1v) is 18.5. The van der Waals surface area contributed by atoms with Crippen LogP contribution in [0.25, 0.3) is 95.0 Å². The molecule has 10 aromatic rings. The fraction of sp³-hybridized carbons (Fsp3) is 0. The maximum absolute atomic E-state index is 5.09. The second-order valence-electron chi connectivity index (χ2n) is 13.7. The molecule has 0 aliphatic carbocycles. The van der Waals surface area contributed by atoms with E-state index in [0.717, 1.165) is 44.4 Å². The lowest BCUT2D eigenvalue weighted by Crippen LogP contribution is -2.00. The second-order valence-corrected chi connectivity index (χ2v) is 13.7. The zero-order valence-corrected chi connectivity index (χ0v) is 29.9. The van der Waals surface area contributed by atoms with Gasteiger partial charge in [-0.2, -0.15) is 0 Å². The van der Waals surface area contributed by atoms with Gasteiger partial charge in [0, 0.05) is 33.2 Å². The quantitative estimate of drug-likeness (QED) is 0.166. The molecule has 8 aromatic carbocycles. The van der Waals surface area contributed by atoms with Crippen molar-refractivity contribution in [1.82, 2.24) is 19.5 Å². The molecule has 0 bridgehead atoms. The monoisotopic (exact) mass is 702 g/mol. The molecular formula is C51H34N4. The SMILES string of the molecule is c1ccc(-c2ccc(-c3ccc(-n4c5ccccc5c5cc(-c6nc(-c7ccccc7)nc(-c7ccc(-c8ccccc8)cc7)n6)ccc54)cc3)cc2)cc1. The third-order valence-corrected chi connectivity index (χ3v) is 10.3. The van der Waals surface area contributed by atoms with Gasteiger partial charge in [-0.25, -0.2) is 15.0 Å². The number of fused-ring (bicyclic) bond motifs is 3. The number of para-hydroxylation sites is 1. The van der Waals surface area contributed by atoms with E-state index in [1.165, 1.54) is 33.2 Å². The molecule has 0 atom stereocenters. The maximum Gasteiger partial charge on any atom is 0.164 e. The van der Waals surface area contributed by atoms with Gasteiger partial charge >= 0.3 is 0 Å². The summed E-state index contributed by atoms with van der Waals surface area (Å²) in [6.45, 7) is 0. The van der Waals surface area contributed by atoms with Gasteiger partial charge in [0.25, 0.3) is 0 Å². The van der Waals surface area contributed by atoms with Crippen molar-refractivity contribution in [1.29, 1.82) is 0 Å². The van der Waals surface area contributed by atoms with E-state index in [-0.39, 0.29) is 0 Å². The molecule has 0 saturated carbocycles. The standard InChI is InChI=1S/C51H34N4/c1-4-12-35(13-5-1)37-20-22-39(23-21-37)40-28-31-44(32-29-40)55-47-19-11-10-18-45(47)46-34-43(30-33-48(46)55)51-53-49(41-16-8-3-9-17-41)52-50(54-51)42-26-24-38(25-27-42)36-14-6-2-7-15-36/h1-34H. The molecule has 0 spiro atoms. The number of rotatable bonds is 7. The summed E-state index contributed by atoms with van der Waals surface area (Å²) in [5.41, 5.74) is 13.3. The van der Waals surface area contributed by atoms with E-state index in [4.69, 9.17) is 15.0 Å². The van der Waals surface area contributed by atoms with Crippen molar-refractivity contribution in [2.75, 3.05) is 0 Å². The summed E-state index contributed by atoms with van der Waals surface area (Å²) in [5.74, 6) is 1.92. The molecule has 0 fully saturated rings. The van der Waals surface area contributed by atoms with Gasteiger partial charge in [0.05, 0.1) is 11.0 Å². The normalized spacial score (nSPS) is 11.3. The maximum atomic E-state index is 5.09. The van der Waals surface area contributed by atoms with Crippen molar-refractivity contribution >= 4 is 21.8 Å². The van der Waals surface area contributed by atoms with Crippen LogP contribution in [0.1, 0.15) is 0 Å². The van der Waals surface area contributed by atoms with Crippen LogP contribution < -0.4 is 0 Å². The third kappa shape index (κ3) is 6.16. The largest absolute Gasteiger partial charge is 0.309 e. The average molecular weight is 703 g/mol. The van der Waals surface area contributed by atoms with Crippen molar-refractivity contribution in [3.63, 3.8) is 0 Å². The number of aromatic nitrogens is 4. The molecule has 55 heavy (non-hydrogen) atoms. The Labute approximate surface area is 319 Å². The summed E-state index contributed by atoms with van der Waals surface area (Å²) < 4.78 is 2.35. The molecule has 2 aromatic heterocycles. The van der Waals surface area contributed by atoms with Crippen LogP contribution in [0.15, 0.2) is 206 Å². The van der Waals surface area contributed by atoms with E-state index < -0.39 is 0 Å². The molecule has 0 amide bonds. The Kier molecular flexibility index (Phi) is 8.12. The van der Waals surface area contributed by atoms with E-state index in [2.05, 4.69) is 174 Å². The van der Waals surface area contributed by atoms with Crippen LogP contribution in [0.3, 0.4) is 0 Å². The first-order chi connectivity index (χ1) is 27.2.